The molecule has 0 spiro atoms. The van der Waals surface area contributed by atoms with Gasteiger partial charge in [0.05, 0.1) is 7.05 Å². The second kappa shape index (κ2) is 5.48. The van der Waals surface area contributed by atoms with Crippen molar-refractivity contribution in [3.05, 3.63) is 35.6 Å². The molecule has 7 nitrogen and oxygen atoms in total. The molecule has 1 aromatic heterocycles. The zero-order chi connectivity index (χ0) is 13.8. The lowest BCUT2D eigenvalue weighted by atomic mass is 10.2. The second-order valence-corrected chi connectivity index (χ2v) is 3.93. The predicted molar refractivity (Wildman–Crippen MR) is 68.9 cm³/mol. The molecule has 0 aliphatic rings. The monoisotopic (exact) mass is 280 g/mol. The fourth-order valence-electron chi connectivity index (χ4n) is 1.27. The van der Waals surface area contributed by atoms with Crippen LogP contribution in [-0.4, -0.2) is 31.2 Å². The van der Waals surface area contributed by atoms with Crippen molar-refractivity contribution in [1.82, 2.24) is 25.5 Å². The van der Waals surface area contributed by atoms with E-state index < -0.39 is 11.7 Å². The summed E-state index contributed by atoms with van der Waals surface area (Å²) in [5.41, 5.74) is 0.163. The molecule has 0 unspecified atom stereocenters. The third kappa shape index (κ3) is 3.52. The summed E-state index contributed by atoms with van der Waals surface area (Å²) in [4.78, 5) is 13.0. The van der Waals surface area contributed by atoms with Crippen molar-refractivity contribution in [3.63, 3.8) is 0 Å². The van der Waals surface area contributed by atoms with E-state index in [2.05, 4.69) is 26.0 Å². The minimum Gasteiger partial charge on any atom is -0.299 e. The lowest BCUT2D eigenvalue weighted by Crippen LogP contribution is -2.34. The predicted octanol–water partition coefficient (Wildman–Crippen LogP) is 0.476. The van der Waals surface area contributed by atoms with E-state index >= 15 is 0 Å². The van der Waals surface area contributed by atoms with E-state index in [1.165, 1.54) is 23.0 Å². The molecule has 0 radical (unpaired) electrons. The number of hydrogen-bond donors (Lipinski definition) is 2. The van der Waals surface area contributed by atoms with Gasteiger partial charge in [0.1, 0.15) is 5.82 Å². The van der Waals surface area contributed by atoms with Crippen molar-refractivity contribution < 1.29 is 9.18 Å². The van der Waals surface area contributed by atoms with Gasteiger partial charge in [-0.2, -0.15) is 4.80 Å². The van der Waals surface area contributed by atoms with Gasteiger partial charge in [0.15, 0.2) is 5.11 Å². The lowest BCUT2D eigenvalue weighted by molar-refractivity contribution is 0.0977. The van der Waals surface area contributed by atoms with Crippen molar-refractivity contribution in [3.8, 4) is 0 Å². The summed E-state index contributed by atoms with van der Waals surface area (Å²) in [6, 6.07) is 5.27. The largest absolute Gasteiger partial charge is 0.299 e. The third-order valence-electron chi connectivity index (χ3n) is 2.05. The summed E-state index contributed by atoms with van der Waals surface area (Å²) >= 11 is 4.90. The number of carbonyl (C=O) groups is 1. The van der Waals surface area contributed by atoms with Gasteiger partial charge in [-0.1, -0.05) is 11.2 Å². The van der Waals surface area contributed by atoms with E-state index in [0.717, 1.165) is 6.07 Å². The van der Waals surface area contributed by atoms with Gasteiger partial charge in [-0.05, 0) is 35.6 Å². The first-order valence-corrected chi connectivity index (χ1v) is 5.57. The molecular weight excluding hydrogens is 271 g/mol. The molecule has 0 bridgehead atoms. The number of carbonyl (C=O) groups excluding carboxylic acids is 1. The van der Waals surface area contributed by atoms with E-state index in [1.54, 1.807) is 7.05 Å². The molecule has 1 amide bonds. The van der Waals surface area contributed by atoms with Crippen molar-refractivity contribution in [2.45, 2.75) is 0 Å². The number of aromatic nitrogens is 4. The standard InChI is InChI=1S/C10H9FN6OS/c1-17-15-9(14-16-17)13-10(19)12-8(18)6-3-2-4-7(11)5-6/h2-5H,1H3,(H2,12,13,15,18,19). The van der Waals surface area contributed by atoms with Crippen LogP contribution in [-0.2, 0) is 7.05 Å². The number of aryl methyl sites for hydroxylation is 1. The van der Waals surface area contributed by atoms with Crippen molar-refractivity contribution >= 4 is 29.2 Å². The Hall–Kier alpha value is -2.42. The zero-order valence-corrected chi connectivity index (χ0v) is 10.6. The maximum Gasteiger partial charge on any atom is 0.269 e. The van der Waals surface area contributed by atoms with Gasteiger partial charge in [0.2, 0.25) is 0 Å². The fraction of sp³-hybridized carbons (Fsp3) is 0.100. The van der Waals surface area contributed by atoms with Gasteiger partial charge in [-0.3, -0.25) is 15.4 Å². The number of nitrogens with zero attached hydrogens (tertiary/aromatic N) is 4. The van der Waals surface area contributed by atoms with Crippen LogP contribution in [0.4, 0.5) is 10.3 Å². The first-order chi connectivity index (χ1) is 9.04. The summed E-state index contributed by atoms with van der Waals surface area (Å²) in [6.45, 7) is 0. The molecule has 0 saturated heterocycles. The molecule has 98 valence electrons. The Morgan fingerprint density at radius 3 is 2.89 bits per heavy atom. The van der Waals surface area contributed by atoms with Crippen LogP contribution in [0.1, 0.15) is 10.4 Å². The Balaban J connectivity index is 1.97. The first kappa shape index (κ1) is 13.0. The molecule has 0 aliphatic carbocycles. The lowest BCUT2D eigenvalue weighted by Gasteiger charge is -2.06. The molecule has 0 saturated carbocycles. The van der Waals surface area contributed by atoms with Crippen molar-refractivity contribution in [1.29, 1.82) is 0 Å². The molecule has 2 rings (SSSR count). The van der Waals surface area contributed by atoms with Crippen LogP contribution in [0.2, 0.25) is 0 Å². The highest BCUT2D eigenvalue weighted by Crippen LogP contribution is 2.03. The maximum absolute atomic E-state index is 13.0. The van der Waals surface area contributed by atoms with Crippen LogP contribution in [0, 0.1) is 5.82 Å². The molecule has 19 heavy (non-hydrogen) atoms. The Labute approximate surface area is 112 Å². The van der Waals surface area contributed by atoms with E-state index in [-0.39, 0.29) is 16.6 Å². The topological polar surface area (TPSA) is 84.7 Å². The Bertz CT molecular complexity index is 628. The highest BCUT2D eigenvalue weighted by atomic mass is 32.1. The molecule has 0 aliphatic heterocycles. The molecule has 1 aromatic carbocycles. The van der Waals surface area contributed by atoms with Crippen LogP contribution >= 0.6 is 12.2 Å². The number of halogens is 1. The minimum atomic E-state index is -0.527. The maximum atomic E-state index is 13.0. The smallest absolute Gasteiger partial charge is 0.269 e. The van der Waals surface area contributed by atoms with Crippen LogP contribution in [0.5, 0.6) is 0 Å². The minimum absolute atomic E-state index is 0.00209. The number of benzene rings is 1. The van der Waals surface area contributed by atoms with E-state index in [1.807, 2.05) is 0 Å². The first-order valence-electron chi connectivity index (χ1n) is 5.16. The molecule has 2 N–H and O–H groups in total. The van der Waals surface area contributed by atoms with Crippen LogP contribution in [0.15, 0.2) is 24.3 Å². The summed E-state index contributed by atoms with van der Waals surface area (Å²) in [6.07, 6.45) is 0. The zero-order valence-electron chi connectivity index (χ0n) is 9.79. The second-order valence-electron chi connectivity index (χ2n) is 3.52. The number of rotatable bonds is 2. The molecule has 9 heteroatoms. The fourth-order valence-corrected chi connectivity index (χ4v) is 1.46. The van der Waals surface area contributed by atoms with Gasteiger partial charge < -0.3 is 0 Å². The number of nitrogens with one attached hydrogen (secondary N) is 2. The van der Waals surface area contributed by atoms with E-state index in [4.69, 9.17) is 12.2 Å². The summed E-state index contributed by atoms with van der Waals surface area (Å²) in [5, 5.41) is 16.0. The van der Waals surface area contributed by atoms with Crippen LogP contribution in [0.25, 0.3) is 0 Å². The Kier molecular flexibility index (Phi) is 3.76. The number of thiocarbonyl (C=S) groups is 1. The number of anilines is 1. The van der Waals surface area contributed by atoms with Crippen LogP contribution in [0.3, 0.4) is 0 Å². The number of hydrogen-bond acceptors (Lipinski definition) is 5. The van der Waals surface area contributed by atoms with Gasteiger partial charge >= 0.3 is 0 Å². The molecular formula is C10H9FN6OS. The number of tetrazole rings is 1. The molecule has 0 fully saturated rings. The van der Waals surface area contributed by atoms with Gasteiger partial charge in [0, 0.05) is 5.56 Å². The number of amides is 1. The van der Waals surface area contributed by atoms with Gasteiger partial charge in [-0.25, -0.2) is 4.39 Å². The molecule has 2 aromatic rings. The van der Waals surface area contributed by atoms with Crippen LogP contribution < -0.4 is 10.6 Å². The Morgan fingerprint density at radius 1 is 1.47 bits per heavy atom. The van der Waals surface area contributed by atoms with Crippen molar-refractivity contribution in [2.75, 3.05) is 5.32 Å². The third-order valence-corrected chi connectivity index (χ3v) is 2.25. The summed E-state index contributed by atoms with van der Waals surface area (Å²) in [5.74, 6) is -0.866. The summed E-state index contributed by atoms with van der Waals surface area (Å²) < 4.78 is 13.0. The quantitative estimate of drug-likeness (QED) is 0.778. The van der Waals surface area contributed by atoms with Gasteiger partial charge in [0.25, 0.3) is 11.9 Å². The van der Waals surface area contributed by atoms with E-state index in [9.17, 15) is 9.18 Å². The van der Waals surface area contributed by atoms with E-state index in [0.29, 0.717) is 0 Å². The highest BCUT2D eigenvalue weighted by Gasteiger charge is 2.10. The van der Waals surface area contributed by atoms with Gasteiger partial charge in [-0.15, -0.1) is 5.10 Å². The van der Waals surface area contributed by atoms with Crippen molar-refractivity contribution in [2.24, 2.45) is 7.05 Å². The summed E-state index contributed by atoms with van der Waals surface area (Å²) in [7, 11) is 1.59. The molecule has 0 atom stereocenters. The SMILES string of the molecule is Cn1nnc(NC(=S)NC(=O)c2cccc(F)c2)n1. The highest BCUT2D eigenvalue weighted by molar-refractivity contribution is 7.80. The average molecular weight is 280 g/mol. The normalized spacial score (nSPS) is 10.0. The molecule has 1 heterocycles. The Morgan fingerprint density at radius 2 is 2.26 bits per heavy atom. The average Bonchev–Trinajstić information content (AvgIpc) is 2.74.